The molecule has 0 saturated heterocycles. The van der Waals surface area contributed by atoms with E-state index in [2.05, 4.69) is 21.0 Å². The van der Waals surface area contributed by atoms with E-state index in [1.54, 1.807) is 14.2 Å². The first-order chi connectivity index (χ1) is 16.0. The first kappa shape index (κ1) is 22.6. The van der Waals surface area contributed by atoms with Gasteiger partial charge in [-0.25, -0.2) is 0 Å². The second-order valence-corrected chi connectivity index (χ2v) is 8.10. The maximum absolute atomic E-state index is 5.98. The van der Waals surface area contributed by atoms with Crippen molar-refractivity contribution in [2.75, 3.05) is 41.5 Å². The number of benzene rings is 2. The zero-order chi connectivity index (χ0) is 23.5. The average molecular weight is 448 g/mol. The summed E-state index contributed by atoms with van der Waals surface area (Å²) in [4.78, 5) is 11.4. The van der Waals surface area contributed by atoms with Crippen LogP contribution in [0.5, 0.6) is 17.2 Å². The molecular formula is C26H29N3O4. The highest BCUT2D eigenvalue weighted by Gasteiger charge is 2.32. The molecule has 0 bridgehead atoms. The first-order valence-electron chi connectivity index (χ1n) is 10.9. The number of terminal acetylenes is 1. The second-order valence-electron chi connectivity index (χ2n) is 8.10. The van der Waals surface area contributed by atoms with Gasteiger partial charge in [0.2, 0.25) is 0 Å². The van der Waals surface area contributed by atoms with Gasteiger partial charge in [-0.3, -0.25) is 0 Å². The van der Waals surface area contributed by atoms with E-state index in [0.29, 0.717) is 30.2 Å². The number of fused-ring (bicyclic) bond motifs is 5. The molecule has 3 aromatic rings. The van der Waals surface area contributed by atoms with Gasteiger partial charge in [0.1, 0.15) is 18.1 Å². The molecule has 1 aliphatic rings. The number of hydrogen-bond donors (Lipinski definition) is 1. The monoisotopic (exact) mass is 447 g/mol. The molecule has 0 radical (unpaired) electrons. The maximum Gasteiger partial charge on any atom is 0.186 e. The topological polar surface area (TPSA) is 68.3 Å². The third-order valence-electron chi connectivity index (χ3n) is 5.69. The minimum Gasteiger partial charge on any atom is -0.493 e. The van der Waals surface area contributed by atoms with Crippen LogP contribution in [0.3, 0.4) is 0 Å². The minimum absolute atomic E-state index is 0.403. The van der Waals surface area contributed by atoms with E-state index in [1.807, 2.05) is 51.4 Å². The van der Waals surface area contributed by atoms with Crippen molar-refractivity contribution >= 4 is 16.6 Å². The maximum atomic E-state index is 5.98. The van der Waals surface area contributed by atoms with Gasteiger partial charge < -0.3 is 28.9 Å². The number of nitrogens with one attached hydrogen (secondary N) is 1. The van der Waals surface area contributed by atoms with Crippen LogP contribution in [-0.2, 0) is 4.84 Å². The number of nitrogens with zero attached hydrogens (tertiary/aromatic N) is 2. The fourth-order valence-corrected chi connectivity index (χ4v) is 3.91. The first-order valence-corrected chi connectivity index (χ1v) is 10.9. The van der Waals surface area contributed by atoms with Crippen LogP contribution in [0.1, 0.15) is 24.5 Å². The van der Waals surface area contributed by atoms with Crippen LogP contribution >= 0.6 is 0 Å². The van der Waals surface area contributed by atoms with Crippen molar-refractivity contribution in [2.24, 2.45) is 5.16 Å². The summed E-state index contributed by atoms with van der Waals surface area (Å²) >= 11 is 0. The van der Waals surface area contributed by atoms with E-state index in [-0.39, 0.29) is 0 Å². The van der Waals surface area contributed by atoms with Crippen LogP contribution in [0, 0.1) is 12.3 Å². The van der Waals surface area contributed by atoms with E-state index in [4.69, 9.17) is 25.5 Å². The Labute approximate surface area is 194 Å². The Morgan fingerprint density at radius 1 is 1.09 bits per heavy atom. The molecule has 4 rings (SSSR count). The lowest BCUT2D eigenvalue weighted by Crippen LogP contribution is -2.19. The predicted octanol–water partition coefficient (Wildman–Crippen LogP) is 4.29. The van der Waals surface area contributed by atoms with E-state index in [0.717, 1.165) is 45.6 Å². The number of aromatic amines is 1. The summed E-state index contributed by atoms with van der Waals surface area (Å²) in [6, 6.07) is 9.91. The molecule has 1 unspecified atom stereocenters. The molecule has 0 spiro atoms. The summed E-state index contributed by atoms with van der Waals surface area (Å²) in [6.45, 7) is 3.40. The Bertz CT molecular complexity index is 1240. The van der Waals surface area contributed by atoms with Crippen LogP contribution in [0.2, 0.25) is 0 Å². The smallest absolute Gasteiger partial charge is 0.186 e. The number of rotatable bonds is 9. The van der Waals surface area contributed by atoms with Crippen molar-refractivity contribution in [1.29, 1.82) is 0 Å². The van der Waals surface area contributed by atoms with Crippen LogP contribution in [0.25, 0.3) is 22.2 Å². The fraction of sp³-hybridized carbons (Fsp3) is 0.346. The van der Waals surface area contributed by atoms with E-state index >= 15 is 0 Å². The van der Waals surface area contributed by atoms with Crippen molar-refractivity contribution in [1.82, 2.24) is 9.88 Å². The van der Waals surface area contributed by atoms with Crippen molar-refractivity contribution in [2.45, 2.75) is 19.4 Å². The highest BCUT2D eigenvalue weighted by atomic mass is 16.6. The predicted molar refractivity (Wildman–Crippen MR) is 131 cm³/mol. The lowest BCUT2D eigenvalue weighted by Gasteiger charge is -2.12. The summed E-state index contributed by atoms with van der Waals surface area (Å²) < 4.78 is 17.1. The summed E-state index contributed by atoms with van der Waals surface area (Å²) in [5.74, 6) is 4.69. The van der Waals surface area contributed by atoms with Gasteiger partial charge in [-0.15, -0.1) is 6.42 Å². The molecule has 7 nitrogen and oxygen atoms in total. The van der Waals surface area contributed by atoms with Crippen molar-refractivity contribution in [3.05, 3.63) is 41.5 Å². The molecule has 2 aromatic carbocycles. The number of hydrogen-bond acceptors (Lipinski definition) is 6. The molecule has 33 heavy (non-hydrogen) atoms. The Morgan fingerprint density at radius 3 is 2.45 bits per heavy atom. The Hall–Kier alpha value is -3.63. The van der Waals surface area contributed by atoms with Gasteiger partial charge in [0.15, 0.2) is 17.6 Å². The van der Waals surface area contributed by atoms with Gasteiger partial charge in [0.05, 0.1) is 19.9 Å². The second kappa shape index (κ2) is 9.47. The summed E-state index contributed by atoms with van der Waals surface area (Å²) in [5, 5.41) is 5.52. The number of oxime groups is 1. The quantitative estimate of drug-likeness (QED) is 0.306. The molecule has 0 fully saturated rings. The Balaban J connectivity index is 1.85. The van der Waals surface area contributed by atoms with Crippen LogP contribution in [0.4, 0.5) is 0 Å². The summed E-state index contributed by atoms with van der Waals surface area (Å²) in [6.07, 6.45) is 5.85. The van der Waals surface area contributed by atoms with Crippen molar-refractivity contribution < 1.29 is 19.0 Å². The standard InChI is InChI=1S/C26H29N3O4/c1-7-16(8-2)33-28-26-19-15-23(31-6)22(30-5)14-18(19)25-24(26)20-13-17(9-10-21(20)27-25)32-12-11-29(3)4/h1,9-10,13-16,27H,8,11-12H2,2-6H3/b28-26-. The molecular weight excluding hydrogens is 418 g/mol. The van der Waals surface area contributed by atoms with Gasteiger partial charge in [-0.1, -0.05) is 18.0 Å². The van der Waals surface area contributed by atoms with Gasteiger partial charge >= 0.3 is 0 Å². The molecule has 7 heteroatoms. The summed E-state index contributed by atoms with van der Waals surface area (Å²) in [7, 11) is 7.28. The van der Waals surface area contributed by atoms with Crippen LogP contribution in [0.15, 0.2) is 35.5 Å². The molecule has 0 aliphatic heterocycles. The zero-order valence-corrected chi connectivity index (χ0v) is 19.7. The largest absolute Gasteiger partial charge is 0.493 e. The molecule has 0 amide bonds. The van der Waals surface area contributed by atoms with E-state index in [9.17, 15) is 0 Å². The van der Waals surface area contributed by atoms with Gasteiger partial charge in [-0.05, 0) is 50.8 Å². The van der Waals surface area contributed by atoms with Crippen molar-refractivity contribution in [3.63, 3.8) is 0 Å². The normalized spacial score (nSPS) is 14.2. The number of aromatic nitrogens is 1. The van der Waals surface area contributed by atoms with E-state index < -0.39 is 6.10 Å². The molecule has 1 N–H and O–H groups in total. The molecule has 1 aromatic heterocycles. The lowest BCUT2D eigenvalue weighted by molar-refractivity contribution is 0.0971. The van der Waals surface area contributed by atoms with E-state index in [1.165, 1.54) is 0 Å². The average Bonchev–Trinajstić information content (AvgIpc) is 3.33. The van der Waals surface area contributed by atoms with Gasteiger partial charge in [-0.2, -0.15) is 0 Å². The number of ether oxygens (including phenoxy) is 3. The minimum atomic E-state index is -0.403. The number of H-pyrrole nitrogens is 1. The lowest BCUT2D eigenvalue weighted by atomic mass is 10.1. The third kappa shape index (κ3) is 4.22. The van der Waals surface area contributed by atoms with Gasteiger partial charge in [0.25, 0.3) is 0 Å². The molecule has 172 valence electrons. The van der Waals surface area contributed by atoms with Crippen LogP contribution in [-0.4, -0.2) is 63.2 Å². The van der Waals surface area contributed by atoms with Gasteiger partial charge in [0, 0.05) is 34.1 Å². The highest BCUT2D eigenvalue weighted by Crippen LogP contribution is 2.46. The SMILES string of the molecule is C#CC(CC)O/N=C1/c2cc(OC)c(OC)cc2-c2[nH]c3ccc(OCCN(C)C)cc3c21. The molecule has 1 aliphatic carbocycles. The zero-order valence-electron chi connectivity index (χ0n) is 19.7. The number of likely N-dealkylation sites (N-methyl/N-ethyl adjacent to an activating group) is 1. The third-order valence-corrected chi connectivity index (χ3v) is 5.69. The summed E-state index contributed by atoms with van der Waals surface area (Å²) in [5.41, 5.74) is 5.43. The highest BCUT2D eigenvalue weighted by molar-refractivity contribution is 6.30. The van der Waals surface area contributed by atoms with Crippen LogP contribution < -0.4 is 14.2 Å². The molecule has 0 saturated carbocycles. The number of methoxy groups -OCH3 is 2. The fourth-order valence-electron chi connectivity index (χ4n) is 3.91. The Kier molecular flexibility index (Phi) is 6.47. The Morgan fingerprint density at radius 2 is 1.82 bits per heavy atom. The van der Waals surface area contributed by atoms with Crippen molar-refractivity contribution in [3.8, 4) is 40.8 Å². The molecule has 1 heterocycles. The molecule has 1 atom stereocenters.